The normalized spacial score (nSPS) is 16.1. The van der Waals surface area contributed by atoms with Crippen molar-refractivity contribution in [1.29, 1.82) is 0 Å². The third-order valence-electron chi connectivity index (χ3n) is 29.2. The Balaban J connectivity index is 0.0000000959. The SMILES string of the molecule is O=P1(c2cccc(-c3ccccc3)c2)c2ccccc2-c2cccnc2-c2ncccc21.O=P1(c2ccccc2)c2ccccc2-c2ccccc2-c2c1ccc1ccccc21.O=P1(c2ccccc2)c2ccccc2-c2ccccc2-c2ccccc21.O=P1(c2ccccn2)c2ccccc2-c2ccccc2-c2cccnc21.O=P1(c2ccccn2)c2ccccc2C2(c3ccccc3-c3ccccc32)c2ccccc21. The van der Waals surface area contributed by atoms with E-state index in [9.17, 15) is 9.13 Å². The van der Waals surface area contributed by atoms with Crippen LogP contribution in [0.5, 0.6) is 0 Å². The first-order chi connectivity index (χ1) is 72.4. The summed E-state index contributed by atoms with van der Waals surface area (Å²) < 4.78 is 75.1. The maximum atomic E-state index is 15.3. The van der Waals surface area contributed by atoms with Crippen molar-refractivity contribution >= 4 is 126 Å². The van der Waals surface area contributed by atoms with E-state index in [-0.39, 0.29) is 0 Å². The summed E-state index contributed by atoms with van der Waals surface area (Å²) in [6.07, 6.45) is 8.66. The van der Waals surface area contributed by atoms with E-state index in [2.05, 4.69) is 237 Å². The van der Waals surface area contributed by atoms with E-state index in [0.717, 1.165) is 180 Å². The van der Waals surface area contributed by atoms with Gasteiger partial charge in [0.05, 0.1) is 11.1 Å². The molecule has 0 N–H and O–H groups in total. The molecular formula is C132H90N5O5P5. The van der Waals surface area contributed by atoms with Gasteiger partial charge in [-0.15, -0.1) is 0 Å². The zero-order valence-corrected chi connectivity index (χ0v) is 83.9. The van der Waals surface area contributed by atoms with Gasteiger partial charge >= 0.3 is 0 Å². The lowest BCUT2D eigenvalue weighted by Crippen LogP contribution is -2.46. The van der Waals surface area contributed by atoms with Crippen molar-refractivity contribution in [2.45, 2.75) is 5.41 Å². The highest BCUT2D eigenvalue weighted by Gasteiger charge is 2.56. The number of benzene rings is 18. The van der Waals surface area contributed by atoms with Crippen LogP contribution in [-0.4, -0.2) is 24.9 Å². The molecule has 3 unspecified atom stereocenters. The Labute approximate surface area is 853 Å². The van der Waals surface area contributed by atoms with Crippen LogP contribution in [0.25, 0.3) is 122 Å². The fourth-order valence-electron chi connectivity index (χ4n) is 22.9. The monoisotopic (exact) mass is 1980 g/mol. The quantitative estimate of drug-likeness (QED) is 0.147. The molecule has 23 aromatic rings. The van der Waals surface area contributed by atoms with Crippen molar-refractivity contribution in [1.82, 2.24) is 24.9 Å². The number of rotatable bonds is 6. The molecule has 5 aromatic heterocycles. The number of fused-ring (bicyclic) bond motifs is 31. The van der Waals surface area contributed by atoms with Crippen molar-refractivity contribution < 1.29 is 22.8 Å². The Morgan fingerprint density at radius 1 is 0.170 bits per heavy atom. The Bertz CT molecular complexity index is 8920. The maximum absolute atomic E-state index is 15.3. The molecule has 0 amide bonds. The molecule has 6 aliphatic rings. The Morgan fingerprint density at radius 3 is 0.986 bits per heavy atom. The van der Waals surface area contributed by atoms with Gasteiger partial charge in [-0.1, -0.05) is 455 Å². The summed E-state index contributed by atoms with van der Waals surface area (Å²) >= 11 is 0. The Morgan fingerprint density at radius 2 is 0.490 bits per heavy atom. The van der Waals surface area contributed by atoms with Crippen LogP contribution in [0.3, 0.4) is 0 Å². The highest BCUT2D eigenvalue weighted by atomic mass is 31.2. The summed E-state index contributed by atoms with van der Waals surface area (Å²) in [5.41, 5.74) is 26.8. The van der Waals surface area contributed by atoms with Gasteiger partial charge in [-0.2, -0.15) is 0 Å². The summed E-state index contributed by atoms with van der Waals surface area (Å²) in [5, 5.41) is 12.7. The molecule has 3 atom stereocenters. The standard InChI is InChI=1S/C30H20NOP.C28H19N2OP.C28H19OP.C24H17OP.C22H15N2OP/c32-33(29-19-9-10-20-31-29)27-17-7-5-15-25(27)30(26-16-6-8-18-28(26)33)23-13-3-1-11-21(23)22-12-2-4-14-24(22)30;31-32(22-12-6-11-21(19-22)20-9-2-1-3-10-20)25-15-5-4-13-23(25)24-14-7-17-29-27(24)28-26(32)16-8-18-30-28;29-30(21-11-2-1-3-12-21)26-17-9-8-15-24(26)23-14-6-7-16-25(23)28-22-13-5-4-10-20(22)18-19-27(28)30;25-26(18-10-2-1-3-11-18)23-16-8-6-14-21(23)19-12-4-5-13-20(19)22-15-7-9-17-24(22)26;25-26(21-13-5-6-14-23-21)20-12-4-3-10-18(20)16-8-1-2-9-17(16)19-11-7-15-24-22(19)26/h1-20H;1-19H;1-19H;1-17H;1-15H. The third-order valence-corrected chi connectivity index (χ3v) is 44.6. The van der Waals surface area contributed by atoms with Crippen molar-refractivity contribution in [2.75, 3.05) is 0 Å². The van der Waals surface area contributed by atoms with Gasteiger partial charge in [-0.05, 0) is 177 Å². The minimum Gasteiger partial charge on any atom is -0.309 e. The molecule has 10 heterocycles. The maximum Gasteiger partial charge on any atom is 0.207 e. The van der Waals surface area contributed by atoms with E-state index in [0.29, 0.717) is 22.0 Å². The first-order valence-electron chi connectivity index (χ1n) is 49.1. The zero-order chi connectivity index (χ0) is 98.8. The molecule has 147 heavy (non-hydrogen) atoms. The van der Waals surface area contributed by atoms with E-state index in [1.54, 1.807) is 31.0 Å². The van der Waals surface area contributed by atoms with Crippen molar-refractivity contribution in [3.63, 3.8) is 0 Å². The van der Waals surface area contributed by atoms with Gasteiger partial charge in [0.1, 0.15) is 22.0 Å². The van der Waals surface area contributed by atoms with Gasteiger partial charge in [0.15, 0.2) is 28.6 Å². The summed E-state index contributed by atoms with van der Waals surface area (Å²) in [5.74, 6) is 0. The van der Waals surface area contributed by atoms with Gasteiger partial charge in [0.2, 0.25) is 7.14 Å². The second-order valence-corrected chi connectivity index (χ2v) is 50.3. The molecule has 18 aromatic carbocycles. The molecule has 698 valence electrons. The lowest BCUT2D eigenvalue weighted by molar-refractivity contribution is 0.589. The summed E-state index contributed by atoms with van der Waals surface area (Å²) in [6, 6.07) is 173. The lowest BCUT2D eigenvalue weighted by atomic mass is 9.67. The third kappa shape index (κ3) is 14.7. The van der Waals surface area contributed by atoms with Crippen molar-refractivity contribution in [3.8, 4) is 112 Å². The van der Waals surface area contributed by atoms with Crippen LogP contribution in [0.2, 0.25) is 0 Å². The average Bonchev–Trinajstić information content (AvgIpc) is 1.53. The fourth-order valence-corrected chi connectivity index (χ4v) is 37.9. The Kier molecular flexibility index (Phi) is 23.4. The van der Waals surface area contributed by atoms with Crippen molar-refractivity contribution in [3.05, 3.63) is 569 Å². The molecule has 0 saturated carbocycles. The fraction of sp³-hybridized carbons (Fsp3) is 0.00758. The van der Waals surface area contributed by atoms with Crippen LogP contribution in [0.4, 0.5) is 0 Å². The first-order valence-corrected chi connectivity index (χ1v) is 57.6. The van der Waals surface area contributed by atoms with Gasteiger partial charge in [0.25, 0.3) is 0 Å². The minimum atomic E-state index is -3.22. The number of nitrogens with zero attached hydrogens (tertiary/aromatic N) is 5. The molecule has 1 spiro atoms. The molecule has 5 aliphatic heterocycles. The Hall–Kier alpha value is -16.9. The van der Waals surface area contributed by atoms with Gasteiger partial charge in [-0.25, -0.2) is 0 Å². The first kappa shape index (κ1) is 91.3. The van der Waals surface area contributed by atoms with Crippen LogP contribution < -0.4 is 80.0 Å². The minimum absolute atomic E-state index is 0.511. The largest absolute Gasteiger partial charge is 0.309 e. The summed E-state index contributed by atoms with van der Waals surface area (Å²) in [4.78, 5) is 23.0. The van der Waals surface area contributed by atoms with Crippen LogP contribution in [0.15, 0.2) is 547 Å². The molecule has 0 bridgehead atoms. The predicted molar refractivity (Wildman–Crippen MR) is 610 cm³/mol. The van der Waals surface area contributed by atoms with E-state index in [1.165, 1.54) is 22.3 Å². The lowest BCUT2D eigenvalue weighted by Gasteiger charge is -2.42. The smallest absolute Gasteiger partial charge is 0.207 e. The number of hydrogen-bond acceptors (Lipinski definition) is 10. The van der Waals surface area contributed by atoms with Gasteiger partial charge in [0, 0.05) is 111 Å². The molecular weight excluding hydrogens is 1890 g/mol. The molecule has 0 saturated heterocycles. The second kappa shape index (κ2) is 37.7. The van der Waals surface area contributed by atoms with Gasteiger partial charge < -0.3 is 22.8 Å². The second-order valence-electron chi connectivity index (χ2n) is 36.9. The van der Waals surface area contributed by atoms with E-state index < -0.39 is 41.1 Å². The van der Waals surface area contributed by atoms with E-state index in [1.807, 2.05) is 303 Å². The number of hydrogen-bond donors (Lipinski definition) is 0. The summed E-state index contributed by atoms with van der Waals surface area (Å²) in [6.45, 7) is 0. The topological polar surface area (TPSA) is 150 Å². The summed E-state index contributed by atoms with van der Waals surface area (Å²) in [7, 11) is -15.6. The molecule has 0 fully saturated rings. The number of pyridine rings is 5. The molecule has 10 nitrogen and oxygen atoms in total. The zero-order valence-electron chi connectivity index (χ0n) is 79.5. The van der Waals surface area contributed by atoms with E-state index in [4.69, 9.17) is 0 Å². The van der Waals surface area contributed by atoms with Crippen LogP contribution in [-0.2, 0) is 28.2 Å². The van der Waals surface area contributed by atoms with E-state index >= 15 is 13.7 Å². The molecule has 29 rings (SSSR count). The van der Waals surface area contributed by atoms with Crippen LogP contribution >= 0.6 is 35.7 Å². The molecule has 1 aliphatic carbocycles. The molecule has 15 heteroatoms. The average molecular weight is 1980 g/mol. The molecule has 0 radical (unpaired) electrons. The highest BCUT2D eigenvalue weighted by Crippen LogP contribution is 2.63. The van der Waals surface area contributed by atoms with Crippen molar-refractivity contribution in [2.24, 2.45) is 0 Å². The van der Waals surface area contributed by atoms with Crippen LogP contribution in [0.1, 0.15) is 22.3 Å². The van der Waals surface area contributed by atoms with Crippen LogP contribution in [0, 0.1) is 0 Å². The number of aromatic nitrogens is 5. The predicted octanol–water partition coefficient (Wildman–Crippen LogP) is 25.7. The van der Waals surface area contributed by atoms with Gasteiger partial charge in [-0.3, -0.25) is 24.9 Å². The highest BCUT2D eigenvalue weighted by molar-refractivity contribution is 7.87.